The third-order valence-corrected chi connectivity index (χ3v) is 2.52. The molecule has 0 aliphatic heterocycles. The largest absolute Gasteiger partial charge is 0.545 e. The summed E-state index contributed by atoms with van der Waals surface area (Å²) in [6, 6.07) is 6.60. The molecule has 0 spiro atoms. The topological polar surface area (TPSA) is 68.3 Å². The predicted octanol–water partition coefficient (Wildman–Crippen LogP) is 3.43. The van der Waals surface area contributed by atoms with E-state index in [1.807, 2.05) is 0 Å². The van der Waals surface area contributed by atoms with E-state index in [9.17, 15) is 27.5 Å². The van der Waals surface area contributed by atoms with Gasteiger partial charge < -0.3 is 9.90 Å². The van der Waals surface area contributed by atoms with Gasteiger partial charge in [-0.1, -0.05) is 11.6 Å². The number of nitrogens with zero attached hydrogens (tertiary/aromatic N) is 2. The van der Waals surface area contributed by atoms with Gasteiger partial charge >= 0.3 is 5.69 Å². The van der Waals surface area contributed by atoms with Crippen molar-refractivity contribution in [2.75, 3.05) is 0 Å². The van der Waals surface area contributed by atoms with E-state index in [4.69, 9.17) is 17.0 Å². The average Bonchev–Trinajstić information content (AvgIpc) is 2.50. The van der Waals surface area contributed by atoms with E-state index in [0.29, 0.717) is 10.7 Å². The highest BCUT2D eigenvalue weighted by Crippen LogP contribution is 2.18. The van der Waals surface area contributed by atoms with Crippen LogP contribution >= 0.6 is 11.6 Å². The molecular weight excluding hydrogens is 328 g/mol. The van der Waals surface area contributed by atoms with Gasteiger partial charge in [0.1, 0.15) is 0 Å². The number of hydrogen-bond acceptors (Lipinski definition) is 3. The Bertz CT molecular complexity index is 745. The van der Waals surface area contributed by atoms with Crippen molar-refractivity contribution in [1.82, 2.24) is 0 Å². The van der Waals surface area contributed by atoms with Crippen LogP contribution in [0.1, 0.15) is 10.4 Å². The summed E-state index contributed by atoms with van der Waals surface area (Å²) in [6.45, 7) is 0. The summed E-state index contributed by atoms with van der Waals surface area (Å²) < 4.78 is 49.4. The number of aromatic carboxylic acids is 1. The first-order valence-corrected chi connectivity index (χ1v) is 5.80. The minimum atomic E-state index is -2.17. The van der Waals surface area contributed by atoms with Gasteiger partial charge in [-0.3, -0.25) is 0 Å². The molecule has 9 heteroatoms. The molecule has 0 N–H and O–H groups in total. The Kier molecular flexibility index (Phi) is 5.83. The molecule has 0 atom stereocenters. The van der Waals surface area contributed by atoms with Crippen molar-refractivity contribution in [3.8, 4) is 0 Å². The Hall–Kier alpha value is -2.66. The molecule has 0 aromatic heterocycles. The molecule has 2 aromatic rings. The van der Waals surface area contributed by atoms with E-state index in [2.05, 4.69) is 4.98 Å². The second kappa shape index (κ2) is 7.38. The molecule has 22 heavy (non-hydrogen) atoms. The zero-order chi connectivity index (χ0) is 16.9. The number of carbonyl (C=O) groups is 1. The molecule has 0 aliphatic rings. The van der Waals surface area contributed by atoms with Crippen molar-refractivity contribution in [2.45, 2.75) is 0 Å². The average molecular weight is 333 g/mol. The van der Waals surface area contributed by atoms with Crippen molar-refractivity contribution in [3.05, 3.63) is 69.2 Å². The molecule has 0 heterocycles. The van der Waals surface area contributed by atoms with Crippen molar-refractivity contribution in [3.63, 3.8) is 0 Å². The van der Waals surface area contributed by atoms with Crippen LogP contribution in [0.5, 0.6) is 0 Å². The lowest BCUT2D eigenvalue weighted by atomic mass is 10.2. The number of halogens is 5. The maximum atomic E-state index is 12.5. The first-order chi connectivity index (χ1) is 10.3. The maximum absolute atomic E-state index is 12.5. The van der Waals surface area contributed by atoms with Gasteiger partial charge in [0.2, 0.25) is 5.39 Å². The molecule has 0 saturated carbocycles. The normalized spacial score (nSPS) is 9.45. The number of carboxylic acids is 1. The Labute approximate surface area is 126 Å². The minimum Gasteiger partial charge on any atom is -0.545 e. The number of carboxylic acid groups (broad SMARTS) is 1. The summed E-state index contributed by atoms with van der Waals surface area (Å²) in [7, 11) is 0. The van der Waals surface area contributed by atoms with Crippen LogP contribution in [0.2, 0.25) is 5.02 Å². The number of benzene rings is 2. The van der Waals surface area contributed by atoms with Crippen molar-refractivity contribution < 1.29 is 27.5 Å². The van der Waals surface area contributed by atoms with Gasteiger partial charge in [-0.2, -0.15) is 0 Å². The first kappa shape index (κ1) is 17.4. The van der Waals surface area contributed by atoms with Crippen LogP contribution in [0.3, 0.4) is 0 Å². The number of hydrogen-bond donors (Lipinski definition) is 0. The number of rotatable bonds is 1. The highest BCUT2D eigenvalue weighted by Gasteiger charge is 2.18. The lowest BCUT2D eigenvalue weighted by molar-refractivity contribution is -0.255. The Morgan fingerprint density at radius 3 is 2.05 bits per heavy atom. The molecule has 0 unspecified atom stereocenters. The fourth-order valence-corrected chi connectivity index (χ4v) is 1.36. The monoisotopic (exact) mass is 332 g/mol. The number of carbonyl (C=O) groups excluding carboxylic acids is 1. The van der Waals surface area contributed by atoms with E-state index in [1.165, 1.54) is 0 Å². The zero-order valence-corrected chi connectivity index (χ0v) is 11.2. The smallest absolute Gasteiger partial charge is 0.385 e. The van der Waals surface area contributed by atoms with Gasteiger partial charge in [-0.15, -0.1) is 0 Å². The van der Waals surface area contributed by atoms with E-state index in [1.54, 1.807) is 24.3 Å². The summed E-state index contributed by atoms with van der Waals surface area (Å²) in [5.41, 5.74) is -0.837. The molecule has 0 amide bonds. The molecule has 0 bridgehead atoms. The molecule has 0 fully saturated rings. The van der Waals surface area contributed by atoms with Crippen LogP contribution in [0.4, 0.5) is 23.2 Å². The van der Waals surface area contributed by atoms with Crippen LogP contribution in [0.15, 0.2) is 30.3 Å². The third-order valence-electron chi connectivity index (χ3n) is 2.26. The lowest BCUT2D eigenvalue weighted by Gasteiger charge is -2.05. The summed E-state index contributed by atoms with van der Waals surface area (Å²) in [6.07, 6.45) is 0. The van der Waals surface area contributed by atoms with Crippen LogP contribution in [-0.4, -0.2) is 5.97 Å². The quantitative estimate of drug-likeness (QED) is 0.348. The Balaban J connectivity index is 0.000000235. The Morgan fingerprint density at radius 1 is 1.05 bits per heavy atom. The molecule has 4 nitrogen and oxygen atoms in total. The third kappa shape index (κ3) is 4.17. The maximum Gasteiger partial charge on any atom is 0.385 e. The standard InChI is InChI=1S/C7H2F4O2.C6H4ClN2/c8-3-1-2(7(12)13)4(9)6(11)5(3)10;7-5-1-3-6(9-8)4-2-5/h1H,(H,12,13);1-4H/q;+1/p-1. The molecule has 2 aromatic carbocycles. The second-order valence-corrected chi connectivity index (χ2v) is 4.15. The van der Waals surface area contributed by atoms with Crippen LogP contribution in [0.25, 0.3) is 4.98 Å². The predicted molar refractivity (Wildman–Crippen MR) is 66.8 cm³/mol. The molecule has 2 rings (SSSR count). The summed E-state index contributed by atoms with van der Waals surface area (Å²) >= 11 is 5.55. The second-order valence-electron chi connectivity index (χ2n) is 3.71. The van der Waals surface area contributed by atoms with Gasteiger partial charge in [0.05, 0.1) is 5.97 Å². The van der Waals surface area contributed by atoms with Crippen molar-refractivity contribution >= 4 is 23.3 Å². The van der Waals surface area contributed by atoms with E-state index in [0.717, 1.165) is 0 Å². The summed E-state index contributed by atoms with van der Waals surface area (Å²) in [5.74, 6) is -10.1. The van der Waals surface area contributed by atoms with E-state index < -0.39 is 34.8 Å². The molecule has 0 aliphatic carbocycles. The highest BCUT2D eigenvalue weighted by atomic mass is 35.5. The van der Waals surface area contributed by atoms with Gasteiger partial charge in [0.25, 0.3) is 0 Å². The summed E-state index contributed by atoms with van der Waals surface area (Å²) in [5, 5.41) is 18.9. The van der Waals surface area contributed by atoms with Crippen LogP contribution in [-0.2, 0) is 0 Å². The first-order valence-electron chi connectivity index (χ1n) is 5.43. The van der Waals surface area contributed by atoms with Crippen molar-refractivity contribution in [2.24, 2.45) is 0 Å². The summed E-state index contributed by atoms with van der Waals surface area (Å²) in [4.78, 5) is 13.0. The van der Waals surface area contributed by atoms with Crippen molar-refractivity contribution in [1.29, 1.82) is 5.39 Å². The minimum absolute atomic E-state index is 0.0169. The molecule has 114 valence electrons. The van der Waals surface area contributed by atoms with Gasteiger partial charge in [-0.25, -0.2) is 17.6 Å². The SMILES string of the molecule is N#[N+]c1ccc(Cl)cc1.O=C([O-])c1cc(F)c(F)c(F)c1F. The number of diazo groups is 1. The van der Waals surface area contributed by atoms with Crippen LogP contribution < -0.4 is 5.11 Å². The van der Waals surface area contributed by atoms with Crippen LogP contribution in [0, 0.1) is 28.7 Å². The van der Waals surface area contributed by atoms with Gasteiger partial charge in [-0.05, 0) is 18.2 Å². The molecule has 0 radical (unpaired) electrons. The lowest BCUT2D eigenvalue weighted by Crippen LogP contribution is -2.24. The molecule has 0 saturated heterocycles. The fourth-order valence-electron chi connectivity index (χ4n) is 1.23. The van der Waals surface area contributed by atoms with E-state index in [-0.39, 0.29) is 6.07 Å². The van der Waals surface area contributed by atoms with Gasteiger partial charge in [0, 0.05) is 22.7 Å². The van der Waals surface area contributed by atoms with Gasteiger partial charge in [0.15, 0.2) is 28.2 Å². The molecular formula is C13H5ClF4N2O2. The van der Waals surface area contributed by atoms with E-state index >= 15 is 0 Å². The fraction of sp³-hybridized carbons (Fsp3) is 0. The Morgan fingerprint density at radius 2 is 1.59 bits per heavy atom. The zero-order valence-electron chi connectivity index (χ0n) is 10.5. The highest BCUT2D eigenvalue weighted by molar-refractivity contribution is 6.30.